The van der Waals surface area contributed by atoms with E-state index in [0.29, 0.717) is 10.2 Å². The standard InChI is InChI=1S/C11H8BrClFNOS/c1-5-15-8(4-17-5)11(16)6-2-3-7(12)9(13)10(6)14/h2-4,11,16H,1H3. The molecule has 1 atom stereocenters. The van der Waals surface area contributed by atoms with Crippen LogP contribution in [0.15, 0.2) is 22.0 Å². The summed E-state index contributed by atoms with van der Waals surface area (Å²) in [6, 6.07) is 3.09. The molecule has 2 aromatic rings. The van der Waals surface area contributed by atoms with Gasteiger partial charge in [-0.1, -0.05) is 17.7 Å². The van der Waals surface area contributed by atoms with Crippen LogP contribution >= 0.6 is 38.9 Å². The Morgan fingerprint density at radius 1 is 1.53 bits per heavy atom. The van der Waals surface area contributed by atoms with Crippen LogP contribution in [0.2, 0.25) is 5.02 Å². The van der Waals surface area contributed by atoms with Crippen LogP contribution in [0.25, 0.3) is 0 Å². The van der Waals surface area contributed by atoms with Crippen LogP contribution in [-0.4, -0.2) is 10.1 Å². The lowest BCUT2D eigenvalue weighted by atomic mass is 10.1. The molecule has 0 fully saturated rings. The van der Waals surface area contributed by atoms with Crippen molar-refractivity contribution < 1.29 is 9.50 Å². The van der Waals surface area contributed by atoms with Crippen LogP contribution in [0.1, 0.15) is 22.4 Å². The number of aliphatic hydroxyl groups is 1. The Balaban J connectivity index is 2.44. The summed E-state index contributed by atoms with van der Waals surface area (Å²) in [5.74, 6) is -0.626. The predicted molar refractivity (Wildman–Crippen MR) is 70.0 cm³/mol. The average molecular weight is 337 g/mol. The molecule has 17 heavy (non-hydrogen) atoms. The van der Waals surface area contributed by atoms with Crippen molar-refractivity contribution in [2.45, 2.75) is 13.0 Å². The Morgan fingerprint density at radius 2 is 2.24 bits per heavy atom. The molecule has 0 amide bonds. The summed E-state index contributed by atoms with van der Waals surface area (Å²) in [5.41, 5.74) is 0.563. The van der Waals surface area contributed by atoms with E-state index in [1.807, 2.05) is 6.92 Å². The number of aryl methyl sites for hydroxylation is 1. The highest BCUT2D eigenvalue weighted by atomic mass is 79.9. The van der Waals surface area contributed by atoms with Crippen LogP contribution in [0, 0.1) is 12.7 Å². The average Bonchev–Trinajstić information content (AvgIpc) is 2.72. The third-order valence-electron chi connectivity index (χ3n) is 2.28. The SMILES string of the molecule is Cc1nc(C(O)c2ccc(Br)c(Cl)c2F)cs1. The number of hydrogen-bond donors (Lipinski definition) is 1. The summed E-state index contributed by atoms with van der Waals surface area (Å²) in [5, 5.41) is 12.5. The fourth-order valence-corrected chi connectivity index (χ4v) is 2.53. The van der Waals surface area contributed by atoms with E-state index in [-0.39, 0.29) is 10.6 Å². The molecule has 2 nitrogen and oxygen atoms in total. The first-order valence-electron chi connectivity index (χ1n) is 4.74. The Hall–Kier alpha value is -0.490. The second-order valence-corrected chi connectivity index (χ2v) is 5.75. The molecule has 1 N–H and O–H groups in total. The van der Waals surface area contributed by atoms with Gasteiger partial charge in [-0.15, -0.1) is 11.3 Å². The first-order chi connectivity index (χ1) is 8.00. The Labute approximate surface area is 115 Å². The van der Waals surface area contributed by atoms with Gasteiger partial charge in [0.1, 0.15) is 11.9 Å². The van der Waals surface area contributed by atoms with E-state index in [0.717, 1.165) is 5.01 Å². The maximum Gasteiger partial charge on any atom is 0.149 e. The van der Waals surface area contributed by atoms with E-state index in [1.165, 1.54) is 17.4 Å². The Morgan fingerprint density at radius 3 is 2.82 bits per heavy atom. The fraction of sp³-hybridized carbons (Fsp3) is 0.182. The minimum atomic E-state index is -1.09. The summed E-state index contributed by atoms with van der Waals surface area (Å²) in [6.07, 6.45) is -1.09. The van der Waals surface area contributed by atoms with Gasteiger partial charge < -0.3 is 5.11 Å². The van der Waals surface area contributed by atoms with Crippen LogP contribution in [0.5, 0.6) is 0 Å². The molecule has 0 aliphatic carbocycles. The zero-order chi connectivity index (χ0) is 12.6. The normalized spacial score (nSPS) is 12.8. The number of aliphatic hydroxyl groups excluding tert-OH is 1. The lowest BCUT2D eigenvalue weighted by molar-refractivity contribution is 0.210. The summed E-state index contributed by atoms with van der Waals surface area (Å²) < 4.78 is 14.3. The predicted octanol–water partition coefficient (Wildman–Crippen LogP) is 4.09. The lowest BCUT2D eigenvalue weighted by Gasteiger charge is -2.11. The second-order valence-electron chi connectivity index (χ2n) is 3.46. The van der Waals surface area contributed by atoms with Crippen molar-refractivity contribution in [2.24, 2.45) is 0 Å². The van der Waals surface area contributed by atoms with Crippen molar-refractivity contribution in [3.8, 4) is 0 Å². The van der Waals surface area contributed by atoms with E-state index >= 15 is 0 Å². The molecule has 1 heterocycles. The smallest absolute Gasteiger partial charge is 0.149 e. The molecule has 0 saturated carbocycles. The van der Waals surface area contributed by atoms with Gasteiger partial charge in [0.15, 0.2) is 0 Å². The van der Waals surface area contributed by atoms with Crippen molar-refractivity contribution >= 4 is 38.9 Å². The van der Waals surface area contributed by atoms with Crippen LogP contribution in [-0.2, 0) is 0 Å². The number of benzene rings is 1. The number of halogens is 3. The van der Waals surface area contributed by atoms with Crippen molar-refractivity contribution in [3.63, 3.8) is 0 Å². The number of nitrogens with zero attached hydrogens (tertiary/aromatic N) is 1. The first kappa shape index (κ1) is 13.0. The molecule has 1 unspecified atom stereocenters. The molecular weight excluding hydrogens is 329 g/mol. The molecule has 0 aliphatic heterocycles. The van der Waals surface area contributed by atoms with Crippen LogP contribution < -0.4 is 0 Å². The van der Waals surface area contributed by atoms with E-state index < -0.39 is 11.9 Å². The van der Waals surface area contributed by atoms with E-state index in [4.69, 9.17) is 11.6 Å². The summed E-state index contributed by atoms with van der Waals surface area (Å²) in [4.78, 5) is 4.13. The topological polar surface area (TPSA) is 33.1 Å². The number of rotatable bonds is 2. The second kappa shape index (κ2) is 5.02. The van der Waals surface area contributed by atoms with Crippen molar-refractivity contribution in [1.82, 2.24) is 4.98 Å². The van der Waals surface area contributed by atoms with Gasteiger partial charge >= 0.3 is 0 Å². The van der Waals surface area contributed by atoms with Crippen molar-refractivity contribution in [1.29, 1.82) is 0 Å². The van der Waals surface area contributed by atoms with Gasteiger partial charge in [0, 0.05) is 15.4 Å². The maximum absolute atomic E-state index is 13.9. The van der Waals surface area contributed by atoms with E-state index in [1.54, 1.807) is 11.4 Å². The number of hydrogen-bond acceptors (Lipinski definition) is 3. The molecule has 0 bridgehead atoms. The molecule has 2 rings (SSSR count). The highest BCUT2D eigenvalue weighted by molar-refractivity contribution is 9.10. The Bertz CT molecular complexity index is 560. The molecule has 90 valence electrons. The van der Waals surface area contributed by atoms with Crippen LogP contribution in [0.3, 0.4) is 0 Å². The lowest BCUT2D eigenvalue weighted by Crippen LogP contribution is -2.03. The van der Waals surface area contributed by atoms with Gasteiger partial charge in [-0.3, -0.25) is 0 Å². The minimum Gasteiger partial charge on any atom is -0.382 e. The van der Waals surface area contributed by atoms with Gasteiger partial charge in [0.25, 0.3) is 0 Å². The highest BCUT2D eigenvalue weighted by Crippen LogP contribution is 2.33. The quantitative estimate of drug-likeness (QED) is 0.838. The minimum absolute atomic E-state index is 0.0338. The van der Waals surface area contributed by atoms with Crippen molar-refractivity contribution in [2.75, 3.05) is 0 Å². The monoisotopic (exact) mass is 335 g/mol. The van der Waals surface area contributed by atoms with Gasteiger partial charge in [0.2, 0.25) is 0 Å². The zero-order valence-corrected chi connectivity index (χ0v) is 11.9. The molecule has 0 radical (unpaired) electrons. The fourth-order valence-electron chi connectivity index (χ4n) is 1.42. The zero-order valence-electron chi connectivity index (χ0n) is 8.75. The first-order valence-corrected chi connectivity index (χ1v) is 6.79. The van der Waals surface area contributed by atoms with Crippen LogP contribution in [0.4, 0.5) is 4.39 Å². The van der Waals surface area contributed by atoms with Gasteiger partial charge in [-0.2, -0.15) is 0 Å². The molecular formula is C11H8BrClFNOS. The molecule has 1 aromatic carbocycles. The third-order valence-corrected chi connectivity index (χ3v) is 4.33. The molecule has 0 spiro atoms. The maximum atomic E-state index is 13.9. The van der Waals surface area contributed by atoms with E-state index in [2.05, 4.69) is 20.9 Å². The third kappa shape index (κ3) is 2.52. The molecule has 1 aromatic heterocycles. The van der Waals surface area contributed by atoms with E-state index in [9.17, 15) is 9.50 Å². The Kier molecular flexibility index (Phi) is 3.82. The number of thiazole rings is 1. The summed E-state index contributed by atoms with van der Waals surface area (Å²) in [7, 11) is 0. The van der Waals surface area contributed by atoms with Gasteiger partial charge in [-0.25, -0.2) is 9.37 Å². The molecule has 6 heteroatoms. The molecule has 0 aliphatic rings. The highest BCUT2D eigenvalue weighted by Gasteiger charge is 2.20. The summed E-state index contributed by atoms with van der Waals surface area (Å²) in [6.45, 7) is 1.83. The van der Waals surface area contributed by atoms with Gasteiger partial charge in [0.05, 0.1) is 15.7 Å². The molecule has 0 saturated heterocycles. The van der Waals surface area contributed by atoms with Gasteiger partial charge in [-0.05, 0) is 28.9 Å². The summed E-state index contributed by atoms with van der Waals surface area (Å²) >= 11 is 10.3. The number of aromatic nitrogens is 1. The van der Waals surface area contributed by atoms with Crippen molar-refractivity contribution in [3.05, 3.63) is 49.1 Å². The largest absolute Gasteiger partial charge is 0.382 e.